The van der Waals surface area contributed by atoms with E-state index in [9.17, 15) is 4.79 Å². The zero-order valence-corrected chi connectivity index (χ0v) is 11.7. The average molecular weight is 270 g/mol. The lowest BCUT2D eigenvalue weighted by Gasteiger charge is -1.98. The summed E-state index contributed by atoms with van der Waals surface area (Å²) in [6, 6.07) is 8.00. The molecule has 4 heteroatoms. The quantitative estimate of drug-likeness (QED) is 0.684. The summed E-state index contributed by atoms with van der Waals surface area (Å²) in [6.07, 6.45) is 0.360. The molecule has 0 spiro atoms. The molecule has 0 aliphatic rings. The van der Waals surface area contributed by atoms with Gasteiger partial charge in [0.15, 0.2) is 5.78 Å². The Balaban J connectivity index is 1.98. The minimum atomic E-state index is 0.141. The van der Waals surface area contributed by atoms with Crippen LogP contribution in [0, 0.1) is 6.92 Å². The highest BCUT2D eigenvalue weighted by Crippen LogP contribution is 2.21. The second kappa shape index (κ2) is 4.63. The normalized spacial score (nSPS) is 11.1. The molecule has 0 bridgehead atoms. The van der Waals surface area contributed by atoms with Crippen LogP contribution in [0.25, 0.3) is 10.9 Å². The zero-order valence-electron chi connectivity index (χ0n) is 10.9. The first kappa shape index (κ1) is 12.1. The van der Waals surface area contributed by atoms with Gasteiger partial charge in [0.1, 0.15) is 0 Å². The van der Waals surface area contributed by atoms with E-state index in [2.05, 4.69) is 5.10 Å². The topological polar surface area (TPSA) is 34.9 Å². The Kier molecular flexibility index (Phi) is 2.95. The van der Waals surface area contributed by atoms with Gasteiger partial charge in [0.05, 0.1) is 17.6 Å². The van der Waals surface area contributed by atoms with E-state index in [1.807, 2.05) is 53.7 Å². The van der Waals surface area contributed by atoms with Crippen LogP contribution in [-0.2, 0) is 13.5 Å². The average Bonchev–Trinajstić information content (AvgIpc) is 2.95. The number of aryl methyl sites for hydroxylation is 2. The van der Waals surface area contributed by atoms with Crippen molar-refractivity contribution in [2.45, 2.75) is 13.3 Å². The first-order valence-electron chi connectivity index (χ1n) is 6.13. The molecule has 0 atom stereocenters. The summed E-state index contributed by atoms with van der Waals surface area (Å²) in [7, 11) is 1.91. The van der Waals surface area contributed by atoms with Crippen LogP contribution in [0.4, 0.5) is 0 Å². The number of rotatable bonds is 3. The molecule has 0 fully saturated rings. The number of para-hydroxylation sites is 1. The monoisotopic (exact) mass is 270 g/mol. The number of ketones is 1. The minimum absolute atomic E-state index is 0.141. The third-order valence-corrected chi connectivity index (χ3v) is 4.18. The zero-order chi connectivity index (χ0) is 13.4. The third kappa shape index (κ3) is 2.08. The number of fused-ring (bicyclic) bond motifs is 1. The molecule has 0 radical (unpaired) electrons. The summed E-state index contributed by atoms with van der Waals surface area (Å²) in [5.74, 6) is 0.141. The fourth-order valence-corrected chi connectivity index (χ4v) is 3.17. The lowest BCUT2D eigenvalue weighted by molar-refractivity contribution is 0.0992. The summed E-state index contributed by atoms with van der Waals surface area (Å²) in [6.45, 7) is 1.97. The van der Waals surface area contributed by atoms with Crippen LogP contribution in [0.3, 0.4) is 0 Å². The van der Waals surface area contributed by atoms with Crippen molar-refractivity contribution in [2.24, 2.45) is 7.05 Å². The maximum Gasteiger partial charge on any atom is 0.170 e. The maximum absolute atomic E-state index is 12.3. The molecule has 19 heavy (non-hydrogen) atoms. The van der Waals surface area contributed by atoms with Gasteiger partial charge in [-0.2, -0.15) is 16.4 Å². The number of thiophene rings is 1. The number of aromatic nitrogens is 2. The Morgan fingerprint density at radius 1 is 1.32 bits per heavy atom. The van der Waals surface area contributed by atoms with Crippen molar-refractivity contribution in [1.29, 1.82) is 0 Å². The number of Topliss-reactive ketones (excluding diaryl/α,β-unsaturated/α-hetero) is 1. The van der Waals surface area contributed by atoms with Crippen LogP contribution < -0.4 is 0 Å². The van der Waals surface area contributed by atoms with Gasteiger partial charge in [-0.3, -0.25) is 9.48 Å². The standard InChI is InChI=1S/C15H14N2OS/c1-10-8-19-9-12(10)15(18)7-13-11-5-3-4-6-14(11)17(2)16-13/h3-6,8-9H,7H2,1-2H3. The summed E-state index contributed by atoms with van der Waals surface area (Å²) in [4.78, 5) is 12.3. The first-order chi connectivity index (χ1) is 9.16. The van der Waals surface area contributed by atoms with Gasteiger partial charge < -0.3 is 0 Å². The molecule has 2 aromatic heterocycles. The highest BCUT2D eigenvalue weighted by Gasteiger charge is 2.15. The van der Waals surface area contributed by atoms with Crippen LogP contribution >= 0.6 is 11.3 Å². The molecule has 0 N–H and O–H groups in total. The summed E-state index contributed by atoms with van der Waals surface area (Å²) >= 11 is 1.57. The summed E-state index contributed by atoms with van der Waals surface area (Å²) < 4.78 is 1.83. The SMILES string of the molecule is Cc1cscc1C(=O)Cc1nn(C)c2ccccc12. The van der Waals surface area contributed by atoms with Gasteiger partial charge in [0.25, 0.3) is 0 Å². The second-order valence-corrected chi connectivity index (χ2v) is 5.40. The molecule has 3 nitrogen and oxygen atoms in total. The van der Waals surface area contributed by atoms with E-state index in [0.29, 0.717) is 6.42 Å². The van der Waals surface area contributed by atoms with Crippen molar-refractivity contribution >= 4 is 28.0 Å². The number of carbonyl (C=O) groups excluding carboxylic acids is 1. The van der Waals surface area contributed by atoms with E-state index >= 15 is 0 Å². The lowest BCUT2D eigenvalue weighted by Crippen LogP contribution is -2.05. The number of benzene rings is 1. The van der Waals surface area contributed by atoms with E-state index in [0.717, 1.165) is 27.7 Å². The van der Waals surface area contributed by atoms with Crippen LogP contribution in [-0.4, -0.2) is 15.6 Å². The van der Waals surface area contributed by atoms with E-state index in [1.165, 1.54) is 0 Å². The van der Waals surface area contributed by atoms with Crippen molar-refractivity contribution in [3.05, 3.63) is 51.8 Å². The molecule has 3 rings (SSSR count). The van der Waals surface area contributed by atoms with Crippen molar-refractivity contribution in [3.63, 3.8) is 0 Å². The molecular weight excluding hydrogens is 256 g/mol. The highest BCUT2D eigenvalue weighted by atomic mass is 32.1. The van der Waals surface area contributed by atoms with Crippen LogP contribution in [0.15, 0.2) is 35.0 Å². The van der Waals surface area contributed by atoms with Gasteiger partial charge in [-0.05, 0) is 23.9 Å². The van der Waals surface area contributed by atoms with Gasteiger partial charge in [0.2, 0.25) is 0 Å². The molecule has 2 heterocycles. The largest absolute Gasteiger partial charge is 0.294 e. The van der Waals surface area contributed by atoms with Crippen LogP contribution in [0.2, 0.25) is 0 Å². The van der Waals surface area contributed by atoms with Crippen molar-refractivity contribution in [1.82, 2.24) is 9.78 Å². The van der Waals surface area contributed by atoms with Gasteiger partial charge in [-0.25, -0.2) is 0 Å². The van der Waals surface area contributed by atoms with E-state index in [4.69, 9.17) is 0 Å². The smallest absolute Gasteiger partial charge is 0.170 e. The molecule has 3 aromatic rings. The minimum Gasteiger partial charge on any atom is -0.294 e. The van der Waals surface area contributed by atoms with Gasteiger partial charge in [-0.1, -0.05) is 18.2 Å². The van der Waals surface area contributed by atoms with Gasteiger partial charge >= 0.3 is 0 Å². The molecule has 0 amide bonds. The van der Waals surface area contributed by atoms with E-state index in [1.54, 1.807) is 11.3 Å². The van der Waals surface area contributed by atoms with Gasteiger partial charge in [-0.15, -0.1) is 0 Å². The molecule has 0 saturated carbocycles. The fourth-order valence-electron chi connectivity index (χ4n) is 2.31. The molecule has 0 unspecified atom stereocenters. The molecule has 96 valence electrons. The summed E-state index contributed by atoms with van der Waals surface area (Å²) in [5.41, 5.74) is 3.79. The van der Waals surface area contributed by atoms with Crippen LogP contribution in [0.5, 0.6) is 0 Å². The Labute approximate surface area is 115 Å². The number of hydrogen-bond acceptors (Lipinski definition) is 3. The molecule has 1 aromatic carbocycles. The molecule has 0 saturated heterocycles. The van der Waals surface area contributed by atoms with Crippen molar-refractivity contribution in [3.8, 4) is 0 Å². The maximum atomic E-state index is 12.3. The van der Waals surface area contributed by atoms with E-state index in [-0.39, 0.29) is 5.78 Å². The number of nitrogens with zero attached hydrogens (tertiary/aromatic N) is 2. The first-order valence-corrected chi connectivity index (χ1v) is 7.07. The van der Waals surface area contributed by atoms with Crippen LogP contribution in [0.1, 0.15) is 21.6 Å². The number of carbonyl (C=O) groups is 1. The molecule has 0 aliphatic carbocycles. The Morgan fingerprint density at radius 3 is 2.84 bits per heavy atom. The third-order valence-electron chi connectivity index (χ3n) is 3.32. The lowest BCUT2D eigenvalue weighted by atomic mass is 10.0. The Bertz CT molecular complexity index is 754. The van der Waals surface area contributed by atoms with E-state index < -0.39 is 0 Å². The second-order valence-electron chi connectivity index (χ2n) is 4.66. The predicted molar refractivity (Wildman–Crippen MR) is 77.8 cm³/mol. The Morgan fingerprint density at radius 2 is 2.11 bits per heavy atom. The highest BCUT2D eigenvalue weighted by molar-refractivity contribution is 7.08. The van der Waals surface area contributed by atoms with Crippen molar-refractivity contribution in [2.75, 3.05) is 0 Å². The summed E-state index contributed by atoms with van der Waals surface area (Å²) in [5, 5.41) is 9.45. The van der Waals surface area contributed by atoms with Gasteiger partial charge in [0, 0.05) is 23.4 Å². The van der Waals surface area contributed by atoms with Crippen molar-refractivity contribution < 1.29 is 4.79 Å². The Hall–Kier alpha value is -1.94. The molecular formula is C15H14N2OS. The number of hydrogen-bond donors (Lipinski definition) is 0. The fraction of sp³-hybridized carbons (Fsp3) is 0.200. The molecule has 0 aliphatic heterocycles. The predicted octanol–water partition coefficient (Wildman–Crippen LogP) is 3.37.